The zero-order valence-corrected chi connectivity index (χ0v) is 22.6. The van der Waals surface area contributed by atoms with Crippen molar-refractivity contribution >= 4 is 17.4 Å². The number of nitrogens with zero attached hydrogens (tertiary/aromatic N) is 6. The molecule has 0 fully saturated rings. The summed E-state index contributed by atoms with van der Waals surface area (Å²) in [5, 5.41) is 15.3. The van der Waals surface area contributed by atoms with Gasteiger partial charge in [0.05, 0.1) is 29.6 Å². The number of nitrogens with one attached hydrogen (secondary N) is 2. The summed E-state index contributed by atoms with van der Waals surface area (Å²) in [5.41, 5.74) is 5.59. The van der Waals surface area contributed by atoms with Crippen molar-refractivity contribution in [1.29, 1.82) is 5.26 Å². The predicted octanol–water partition coefficient (Wildman–Crippen LogP) is 5.86. The van der Waals surface area contributed by atoms with E-state index >= 15 is 0 Å². The molecule has 4 heterocycles. The van der Waals surface area contributed by atoms with E-state index in [0.29, 0.717) is 39.7 Å². The standard InChI is InChI=1S/C31H25FN8O/c1-18-11-29(39-25-6-4-5-21(12-25)14-33)40-30(37-18)23-8-10-28(36-16-23)31(41)38-19(2)22-7-9-27(35-15-22)26-13-24(32)17-34-20(26)3/h4-13,15-17,19H,1-3H3,(H,38,41)(H,37,39,40). The number of pyridine rings is 3. The van der Waals surface area contributed by atoms with E-state index in [0.717, 1.165) is 16.9 Å². The van der Waals surface area contributed by atoms with Gasteiger partial charge in [-0.2, -0.15) is 5.26 Å². The lowest BCUT2D eigenvalue weighted by molar-refractivity contribution is 0.0935. The van der Waals surface area contributed by atoms with Gasteiger partial charge in [-0.05, 0) is 68.8 Å². The van der Waals surface area contributed by atoms with Crippen LogP contribution in [0.4, 0.5) is 15.9 Å². The molecule has 202 valence electrons. The molecule has 41 heavy (non-hydrogen) atoms. The molecule has 0 spiro atoms. The number of hydrogen-bond acceptors (Lipinski definition) is 8. The third kappa shape index (κ3) is 6.37. The Kier molecular flexibility index (Phi) is 7.69. The van der Waals surface area contributed by atoms with Crippen molar-refractivity contribution in [3.63, 3.8) is 0 Å². The zero-order valence-electron chi connectivity index (χ0n) is 22.6. The largest absolute Gasteiger partial charge is 0.344 e. The Balaban J connectivity index is 1.26. The Bertz CT molecular complexity index is 1770. The summed E-state index contributed by atoms with van der Waals surface area (Å²) in [6.45, 7) is 5.50. The number of nitriles is 1. The highest BCUT2D eigenvalue weighted by Gasteiger charge is 2.15. The molecule has 0 radical (unpaired) electrons. The van der Waals surface area contributed by atoms with E-state index in [9.17, 15) is 9.18 Å². The maximum Gasteiger partial charge on any atom is 0.270 e. The van der Waals surface area contributed by atoms with E-state index in [1.807, 2.05) is 26.0 Å². The number of carbonyl (C=O) groups is 1. The van der Waals surface area contributed by atoms with Gasteiger partial charge in [-0.15, -0.1) is 0 Å². The molecule has 5 rings (SSSR count). The van der Waals surface area contributed by atoms with E-state index in [4.69, 9.17) is 5.26 Å². The molecule has 1 unspecified atom stereocenters. The fraction of sp³-hybridized carbons (Fsp3) is 0.129. The molecule has 0 saturated heterocycles. The Morgan fingerprint density at radius 2 is 1.80 bits per heavy atom. The Morgan fingerprint density at radius 3 is 2.54 bits per heavy atom. The van der Waals surface area contributed by atoms with Gasteiger partial charge in [0.1, 0.15) is 17.3 Å². The highest BCUT2D eigenvalue weighted by atomic mass is 19.1. The fourth-order valence-corrected chi connectivity index (χ4v) is 4.18. The van der Waals surface area contributed by atoms with E-state index in [1.54, 1.807) is 61.8 Å². The van der Waals surface area contributed by atoms with Crippen molar-refractivity contribution in [2.45, 2.75) is 26.8 Å². The SMILES string of the molecule is Cc1cc(Nc2cccc(C#N)c2)nc(-c2ccc(C(=O)NC(C)c3ccc(-c4cc(F)cnc4C)nc3)nc2)n1. The summed E-state index contributed by atoms with van der Waals surface area (Å²) >= 11 is 0. The lowest BCUT2D eigenvalue weighted by Crippen LogP contribution is -2.27. The van der Waals surface area contributed by atoms with Crippen molar-refractivity contribution in [2.75, 3.05) is 5.32 Å². The van der Waals surface area contributed by atoms with Gasteiger partial charge in [-0.3, -0.25) is 19.7 Å². The lowest BCUT2D eigenvalue weighted by Gasteiger charge is -2.15. The molecule has 10 heteroatoms. The Morgan fingerprint density at radius 1 is 0.951 bits per heavy atom. The van der Waals surface area contributed by atoms with Crippen LogP contribution in [0.1, 0.15) is 46.0 Å². The molecule has 1 atom stereocenters. The molecule has 0 aliphatic rings. The molecule has 0 aliphatic carbocycles. The summed E-state index contributed by atoms with van der Waals surface area (Å²) in [7, 11) is 0. The van der Waals surface area contributed by atoms with Crippen molar-refractivity contribution in [3.05, 3.63) is 113 Å². The highest BCUT2D eigenvalue weighted by molar-refractivity contribution is 5.92. The Labute approximate surface area is 236 Å². The summed E-state index contributed by atoms with van der Waals surface area (Å²) in [4.78, 5) is 34.8. The molecular formula is C31H25FN8O. The van der Waals surface area contributed by atoms with Crippen molar-refractivity contribution in [3.8, 4) is 28.7 Å². The third-order valence-corrected chi connectivity index (χ3v) is 6.34. The molecule has 0 aliphatic heterocycles. The van der Waals surface area contributed by atoms with Crippen LogP contribution in [-0.4, -0.2) is 30.8 Å². The van der Waals surface area contributed by atoms with Gasteiger partial charge in [0.15, 0.2) is 5.82 Å². The quantitative estimate of drug-likeness (QED) is 0.261. The number of aryl methyl sites for hydroxylation is 2. The fourth-order valence-electron chi connectivity index (χ4n) is 4.18. The van der Waals surface area contributed by atoms with Gasteiger partial charge < -0.3 is 10.6 Å². The number of halogens is 1. The van der Waals surface area contributed by atoms with Gasteiger partial charge in [0, 0.05) is 46.7 Å². The van der Waals surface area contributed by atoms with Crippen LogP contribution < -0.4 is 10.6 Å². The number of benzene rings is 1. The molecule has 0 bridgehead atoms. The van der Waals surface area contributed by atoms with E-state index in [1.165, 1.54) is 12.3 Å². The van der Waals surface area contributed by atoms with Crippen LogP contribution >= 0.6 is 0 Å². The van der Waals surface area contributed by atoms with Gasteiger partial charge in [-0.1, -0.05) is 12.1 Å². The molecule has 0 saturated carbocycles. The van der Waals surface area contributed by atoms with E-state index in [-0.39, 0.29) is 17.6 Å². The topological polar surface area (TPSA) is 129 Å². The number of carbonyl (C=O) groups excluding carboxylic acids is 1. The maximum atomic E-state index is 13.6. The number of hydrogen-bond donors (Lipinski definition) is 2. The van der Waals surface area contributed by atoms with Crippen LogP contribution in [0.25, 0.3) is 22.6 Å². The van der Waals surface area contributed by atoms with Crippen molar-refractivity contribution < 1.29 is 9.18 Å². The average Bonchev–Trinajstić information content (AvgIpc) is 2.98. The molecule has 9 nitrogen and oxygen atoms in total. The number of amides is 1. The summed E-state index contributed by atoms with van der Waals surface area (Å²) in [5.74, 6) is 0.250. The van der Waals surface area contributed by atoms with Crippen LogP contribution in [0, 0.1) is 31.0 Å². The number of aromatic nitrogens is 5. The molecule has 5 aromatic rings. The average molecular weight is 545 g/mol. The number of anilines is 2. The summed E-state index contributed by atoms with van der Waals surface area (Å²) in [6, 6.07) is 19.1. The molecule has 2 N–H and O–H groups in total. The monoisotopic (exact) mass is 544 g/mol. The van der Waals surface area contributed by atoms with Gasteiger partial charge in [-0.25, -0.2) is 14.4 Å². The normalized spacial score (nSPS) is 11.4. The van der Waals surface area contributed by atoms with E-state index in [2.05, 4.69) is 41.6 Å². The van der Waals surface area contributed by atoms with Crippen LogP contribution in [0.15, 0.2) is 79.3 Å². The minimum absolute atomic E-state index is 0.242. The van der Waals surface area contributed by atoms with Gasteiger partial charge in [0.25, 0.3) is 5.91 Å². The Hall–Kier alpha value is -5.56. The van der Waals surface area contributed by atoms with Crippen LogP contribution in [0.5, 0.6) is 0 Å². The highest BCUT2D eigenvalue weighted by Crippen LogP contribution is 2.24. The zero-order chi connectivity index (χ0) is 28.9. The second-order valence-electron chi connectivity index (χ2n) is 9.43. The van der Waals surface area contributed by atoms with Gasteiger partial charge >= 0.3 is 0 Å². The molecule has 4 aromatic heterocycles. The van der Waals surface area contributed by atoms with E-state index < -0.39 is 5.82 Å². The third-order valence-electron chi connectivity index (χ3n) is 6.34. The second-order valence-corrected chi connectivity index (χ2v) is 9.43. The minimum Gasteiger partial charge on any atom is -0.344 e. The molecular weight excluding hydrogens is 519 g/mol. The lowest BCUT2D eigenvalue weighted by atomic mass is 10.1. The predicted molar refractivity (Wildman–Crippen MR) is 152 cm³/mol. The van der Waals surface area contributed by atoms with Crippen molar-refractivity contribution in [2.24, 2.45) is 0 Å². The second kappa shape index (κ2) is 11.7. The number of rotatable bonds is 7. The smallest absolute Gasteiger partial charge is 0.270 e. The minimum atomic E-state index is -0.427. The first-order valence-electron chi connectivity index (χ1n) is 12.8. The van der Waals surface area contributed by atoms with Crippen LogP contribution in [0.3, 0.4) is 0 Å². The molecule has 1 amide bonds. The first-order valence-corrected chi connectivity index (χ1v) is 12.8. The molecule has 1 aromatic carbocycles. The maximum absolute atomic E-state index is 13.6. The first kappa shape index (κ1) is 27.0. The first-order chi connectivity index (χ1) is 19.8. The van der Waals surface area contributed by atoms with Gasteiger partial charge in [0.2, 0.25) is 0 Å². The van der Waals surface area contributed by atoms with Crippen LogP contribution in [0.2, 0.25) is 0 Å². The summed E-state index contributed by atoms with van der Waals surface area (Å²) < 4.78 is 13.6. The van der Waals surface area contributed by atoms with Crippen LogP contribution in [-0.2, 0) is 0 Å². The summed E-state index contributed by atoms with van der Waals surface area (Å²) in [6.07, 6.45) is 4.38. The van der Waals surface area contributed by atoms with Crippen molar-refractivity contribution in [1.82, 2.24) is 30.2 Å².